The van der Waals surface area contributed by atoms with Crippen LogP contribution in [0.3, 0.4) is 0 Å². The van der Waals surface area contributed by atoms with Crippen molar-refractivity contribution >= 4 is 0 Å². The van der Waals surface area contributed by atoms with Crippen molar-refractivity contribution in [2.75, 3.05) is 7.11 Å². The van der Waals surface area contributed by atoms with Crippen LogP contribution < -0.4 is 4.74 Å². The Bertz CT molecular complexity index is 753. The number of methoxy groups -OCH3 is 1. The van der Waals surface area contributed by atoms with Crippen LogP contribution >= 0.6 is 0 Å². The molecule has 0 heterocycles. The first-order chi connectivity index (χ1) is 13.7. The molecule has 2 aliphatic rings. The molecule has 0 radical (unpaired) electrons. The lowest BCUT2D eigenvalue weighted by Crippen LogP contribution is -2.28. The van der Waals surface area contributed by atoms with E-state index in [0.717, 1.165) is 31.4 Å². The predicted molar refractivity (Wildman–Crippen MR) is 115 cm³/mol. The average Bonchev–Trinajstić information content (AvgIpc) is 2.75. The minimum absolute atomic E-state index is 0.344. The first-order valence-electron chi connectivity index (χ1n) is 11.1. The van der Waals surface area contributed by atoms with Crippen molar-refractivity contribution in [1.29, 1.82) is 0 Å². The van der Waals surface area contributed by atoms with Crippen LogP contribution in [0.15, 0.2) is 48.5 Å². The zero-order valence-corrected chi connectivity index (χ0v) is 17.4. The van der Waals surface area contributed by atoms with E-state index < -0.39 is 0 Å². The minimum atomic E-state index is 0.344. The topological polar surface area (TPSA) is 18.5 Å². The van der Waals surface area contributed by atoms with Crippen LogP contribution in [-0.4, -0.2) is 19.3 Å². The van der Waals surface area contributed by atoms with Crippen molar-refractivity contribution in [3.8, 4) is 5.75 Å². The molecule has 0 aliphatic heterocycles. The van der Waals surface area contributed by atoms with Gasteiger partial charge in [-0.15, -0.1) is 0 Å². The molecule has 0 atom stereocenters. The second-order valence-electron chi connectivity index (χ2n) is 8.75. The Balaban J connectivity index is 1.39. The SMILES string of the molecule is COC1CCC(Oc2ccccc2C2CCC(c3cccc(C)c3)CC2)CC1. The van der Waals surface area contributed by atoms with E-state index in [4.69, 9.17) is 9.47 Å². The summed E-state index contributed by atoms with van der Waals surface area (Å²) >= 11 is 0. The van der Waals surface area contributed by atoms with E-state index >= 15 is 0 Å². The fraction of sp³-hybridized carbons (Fsp3) is 0.538. The summed E-state index contributed by atoms with van der Waals surface area (Å²) in [5.74, 6) is 2.48. The molecular weight excluding hydrogens is 344 g/mol. The van der Waals surface area contributed by atoms with Gasteiger partial charge in [0.2, 0.25) is 0 Å². The number of aryl methyl sites for hydroxylation is 1. The van der Waals surface area contributed by atoms with Crippen LogP contribution in [0.5, 0.6) is 5.75 Å². The molecule has 2 aliphatic carbocycles. The van der Waals surface area contributed by atoms with Gasteiger partial charge in [-0.1, -0.05) is 48.0 Å². The van der Waals surface area contributed by atoms with Crippen LogP contribution in [-0.2, 0) is 4.74 Å². The van der Waals surface area contributed by atoms with E-state index in [1.54, 1.807) is 0 Å². The number of benzene rings is 2. The molecule has 0 amide bonds. The molecule has 2 saturated carbocycles. The molecule has 0 aromatic heterocycles. The molecule has 2 aromatic rings. The predicted octanol–water partition coefficient (Wildman–Crippen LogP) is 6.77. The van der Waals surface area contributed by atoms with E-state index in [1.165, 1.54) is 42.4 Å². The molecule has 0 unspecified atom stereocenters. The maximum Gasteiger partial charge on any atom is 0.123 e. The van der Waals surface area contributed by atoms with Crippen molar-refractivity contribution in [3.05, 3.63) is 65.2 Å². The molecule has 0 N–H and O–H groups in total. The fourth-order valence-corrected chi connectivity index (χ4v) is 5.15. The van der Waals surface area contributed by atoms with Crippen molar-refractivity contribution in [3.63, 3.8) is 0 Å². The van der Waals surface area contributed by atoms with E-state index in [2.05, 4.69) is 55.5 Å². The number of hydrogen-bond donors (Lipinski definition) is 0. The highest BCUT2D eigenvalue weighted by molar-refractivity contribution is 5.37. The molecule has 2 aromatic carbocycles. The summed E-state index contributed by atoms with van der Waals surface area (Å²) in [4.78, 5) is 0. The molecule has 4 rings (SSSR count). The van der Waals surface area contributed by atoms with Gasteiger partial charge in [0.25, 0.3) is 0 Å². The summed E-state index contributed by atoms with van der Waals surface area (Å²) < 4.78 is 12.0. The second-order valence-corrected chi connectivity index (χ2v) is 8.75. The van der Waals surface area contributed by atoms with Gasteiger partial charge in [0.15, 0.2) is 0 Å². The van der Waals surface area contributed by atoms with Gasteiger partial charge in [-0.05, 0) is 87.3 Å². The highest BCUT2D eigenvalue weighted by atomic mass is 16.5. The zero-order valence-electron chi connectivity index (χ0n) is 17.4. The Labute approximate surface area is 170 Å². The van der Waals surface area contributed by atoms with Crippen molar-refractivity contribution in [2.45, 2.75) is 82.3 Å². The summed E-state index contributed by atoms with van der Waals surface area (Å²) in [5.41, 5.74) is 4.33. The van der Waals surface area contributed by atoms with Gasteiger partial charge in [-0.3, -0.25) is 0 Å². The van der Waals surface area contributed by atoms with E-state index in [9.17, 15) is 0 Å². The van der Waals surface area contributed by atoms with Gasteiger partial charge in [0.1, 0.15) is 5.75 Å². The molecule has 0 spiro atoms. The second kappa shape index (κ2) is 9.13. The average molecular weight is 379 g/mol. The standard InChI is InChI=1S/C26H34O2/c1-19-6-5-7-22(18-19)20-10-12-21(13-11-20)25-8-3-4-9-26(25)28-24-16-14-23(27-2)15-17-24/h3-9,18,20-21,23-24H,10-17H2,1-2H3. The van der Waals surface area contributed by atoms with E-state index in [-0.39, 0.29) is 0 Å². The normalized spacial score (nSPS) is 28.1. The third kappa shape index (κ3) is 4.60. The lowest BCUT2D eigenvalue weighted by Gasteiger charge is -2.32. The van der Waals surface area contributed by atoms with Crippen LogP contribution in [0.25, 0.3) is 0 Å². The molecule has 2 heteroatoms. The number of ether oxygens (including phenoxy) is 2. The third-order valence-electron chi connectivity index (χ3n) is 6.85. The van der Waals surface area contributed by atoms with E-state index in [1.807, 2.05) is 7.11 Å². The fourth-order valence-electron chi connectivity index (χ4n) is 5.15. The zero-order chi connectivity index (χ0) is 19.3. The first kappa shape index (κ1) is 19.5. The molecular formula is C26H34O2. The summed E-state index contributed by atoms with van der Waals surface area (Å²) in [6.45, 7) is 2.20. The van der Waals surface area contributed by atoms with Crippen LogP contribution in [0.1, 0.15) is 79.9 Å². The Kier molecular flexibility index (Phi) is 6.36. The largest absolute Gasteiger partial charge is 0.490 e. The third-order valence-corrected chi connectivity index (χ3v) is 6.85. The highest BCUT2D eigenvalue weighted by Gasteiger charge is 2.27. The smallest absolute Gasteiger partial charge is 0.123 e. The minimum Gasteiger partial charge on any atom is -0.490 e. The lowest BCUT2D eigenvalue weighted by molar-refractivity contribution is 0.0323. The summed E-state index contributed by atoms with van der Waals surface area (Å²) in [6, 6.07) is 17.9. The van der Waals surface area contributed by atoms with Gasteiger partial charge in [0, 0.05) is 7.11 Å². The maximum absolute atomic E-state index is 6.50. The molecule has 28 heavy (non-hydrogen) atoms. The number of para-hydroxylation sites is 1. The van der Waals surface area contributed by atoms with Crippen molar-refractivity contribution < 1.29 is 9.47 Å². The Hall–Kier alpha value is -1.80. The highest BCUT2D eigenvalue weighted by Crippen LogP contribution is 2.43. The monoisotopic (exact) mass is 378 g/mol. The maximum atomic E-state index is 6.50. The summed E-state index contributed by atoms with van der Waals surface area (Å²) in [7, 11) is 1.83. The number of hydrogen-bond acceptors (Lipinski definition) is 2. The Morgan fingerprint density at radius 2 is 1.39 bits per heavy atom. The quantitative estimate of drug-likeness (QED) is 0.571. The lowest BCUT2D eigenvalue weighted by atomic mass is 9.76. The number of rotatable bonds is 5. The summed E-state index contributed by atoms with van der Waals surface area (Å²) in [5, 5.41) is 0. The van der Waals surface area contributed by atoms with Crippen molar-refractivity contribution in [2.24, 2.45) is 0 Å². The van der Waals surface area contributed by atoms with E-state index in [0.29, 0.717) is 24.0 Å². The molecule has 0 saturated heterocycles. The molecule has 2 fully saturated rings. The van der Waals surface area contributed by atoms with Gasteiger partial charge in [-0.2, -0.15) is 0 Å². The van der Waals surface area contributed by atoms with Gasteiger partial charge in [-0.25, -0.2) is 0 Å². The Morgan fingerprint density at radius 3 is 2.11 bits per heavy atom. The Morgan fingerprint density at radius 1 is 0.714 bits per heavy atom. The van der Waals surface area contributed by atoms with Crippen LogP contribution in [0, 0.1) is 6.92 Å². The molecule has 0 bridgehead atoms. The first-order valence-corrected chi connectivity index (χ1v) is 11.1. The van der Waals surface area contributed by atoms with Crippen LogP contribution in [0.4, 0.5) is 0 Å². The summed E-state index contributed by atoms with van der Waals surface area (Å²) in [6.07, 6.45) is 10.3. The van der Waals surface area contributed by atoms with Gasteiger partial charge < -0.3 is 9.47 Å². The van der Waals surface area contributed by atoms with Gasteiger partial charge >= 0.3 is 0 Å². The molecule has 2 nitrogen and oxygen atoms in total. The van der Waals surface area contributed by atoms with Crippen LogP contribution in [0.2, 0.25) is 0 Å². The van der Waals surface area contributed by atoms with Crippen molar-refractivity contribution in [1.82, 2.24) is 0 Å². The van der Waals surface area contributed by atoms with Gasteiger partial charge in [0.05, 0.1) is 12.2 Å². The molecule has 150 valence electrons.